The average Bonchev–Trinajstić information content (AvgIpc) is 3.46. The number of allylic oxidation sites excluding steroid dienone is 1. The summed E-state index contributed by atoms with van der Waals surface area (Å²) in [7, 11) is -4.33. The molecule has 2 heterocycles. The van der Waals surface area contributed by atoms with Crippen LogP contribution in [-0.4, -0.2) is 45.8 Å². The van der Waals surface area contributed by atoms with Crippen LogP contribution in [0.5, 0.6) is 0 Å². The van der Waals surface area contributed by atoms with Gasteiger partial charge in [-0.2, -0.15) is 8.42 Å². The topological polar surface area (TPSA) is 159 Å². The minimum absolute atomic E-state index is 0.0186. The Balaban J connectivity index is 1.84. The van der Waals surface area contributed by atoms with E-state index in [2.05, 4.69) is 14.4 Å². The number of aromatic nitrogens is 2. The van der Waals surface area contributed by atoms with E-state index in [4.69, 9.17) is 5.73 Å². The lowest BCUT2D eigenvalue weighted by Crippen LogP contribution is -2.38. The van der Waals surface area contributed by atoms with Crippen LogP contribution in [0.2, 0.25) is 0 Å². The number of sulfonamides is 1. The van der Waals surface area contributed by atoms with Gasteiger partial charge in [-0.15, -0.1) is 15.7 Å². The van der Waals surface area contributed by atoms with Crippen LogP contribution in [0.15, 0.2) is 69.3 Å². The number of aliphatic hydroxyl groups excluding tert-OH is 1. The molecule has 0 amide bonds. The second-order valence-electron chi connectivity index (χ2n) is 8.29. The molecule has 0 unspecified atom stereocenters. The number of thiophene rings is 1. The van der Waals surface area contributed by atoms with Gasteiger partial charge < -0.3 is 20.9 Å². The number of benzene rings is 2. The molecular weight excluding hydrogens is 507 g/mol. The molecule has 0 aliphatic carbocycles. The molecule has 0 aliphatic heterocycles. The number of fused-ring (bicyclic) bond motifs is 1. The minimum atomic E-state index is -4.33. The first-order valence-corrected chi connectivity index (χ1v) is 12.7. The van der Waals surface area contributed by atoms with Gasteiger partial charge in [0.1, 0.15) is 38.6 Å². The molecule has 0 atom stereocenters. The Bertz CT molecular complexity index is 1610. The largest absolute Gasteiger partial charge is 0.506 e. The van der Waals surface area contributed by atoms with Crippen molar-refractivity contribution in [1.29, 1.82) is 0 Å². The molecule has 0 saturated heterocycles. The van der Waals surface area contributed by atoms with Crippen LogP contribution >= 0.6 is 11.3 Å². The number of halogens is 1. The summed E-state index contributed by atoms with van der Waals surface area (Å²) in [5, 5.41) is 20.9. The number of imidazole rings is 1. The molecule has 0 aliphatic rings. The highest BCUT2D eigenvalue weighted by atomic mass is 32.2. The molecule has 2 aromatic carbocycles. The van der Waals surface area contributed by atoms with Gasteiger partial charge in [0.05, 0.1) is 15.9 Å². The summed E-state index contributed by atoms with van der Waals surface area (Å²) >= 11 is 0.603. The first-order valence-electron chi connectivity index (χ1n) is 10.5. The van der Waals surface area contributed by atoms with E-state index in [-0.39, 0.29) is 26.0 Å². The molecule has 186 valence electrons. The molecule has 9 nitrogen and oxygen atoms in total. The summed E-state index contributed by atoms with van der Waals surface area (Å²) in [5.74, 6) is -2.41. The molecule has 0 saturated carbocycles. The number of hydrogen-bond acceptors (Lipinski definition) is 7. The Kier molecular flexibility index (Phi) is 6.52. The standard InChI is InChI=1S/C24H21FN4O5S2/c1-24(2,32)23(26)29-36(33,34)18-11-10-17(35-18)21(31)19(20(30)13-6-5-7-14(25)12-13)22-27-15-8-3-4-9-16(15)28-22/h3-12,30,32H,1-2H3,(H2,26,29)(H,27,28). The summed E-state index contributed by atoms with van der Waals surface area (Å²) in [5.41, 5.74) is 4.80. The molecule has 0 spiro atoms. The van der Waals surface area contributed by atoms with Crippen LogP contribution in [0.3, 0.4) is 0 Å². The number of aliphatic hydroxyl groups is 2. The lowest BCUT2D eigenvalue weighted by molar-refractivity contribution is 0.105. The first-order chi connectivity index (χ1) is 16.9. The Morgan fingerprint density at radius 2 is 1.86 bits per heavy atom. The highest BCUT2D eigenvalue weighted by Gasteiger charge is 2.28. The second kappa shape index (κ2) is 9.30. The number of hydrogen-bond donors (Lipinski definition) is 4. The van der Waals surface area contributed by atoms with Gasteiger partial charge in [-0.3, -0.25) is 4.79 Å². The van der Waals surface area contributed by atoms with E-state index in [0.29, 0.717) is 22.4 Å². The van der Waals surface area contributed by atoms with Crippen LogP contribution in [0, 0.1) is 5.82 Å². The van der Waals surface area contributed by atoms with Crippen molar-refractivity contribution in [3.8, 4) is 0 Å². The van der Waals surface area contributed by atoms with Gasteiger partial charge in [0.25, 0.3) is 10.0 Å². The number of H-pyrrole nitrogens is 1. The lowest BCUT2D eigenvalue weighted by atomic mass is 10.0. The SMILES string of the molecule is CC(C)(O)C(N)=NS(=O)(=O)c1ccc(C(=O)C(=C(O)c2cccc(F)c2)c2nc3ccccc3[nH]2)s1. The fraction of sp³-hybridized carbons (Fsp3) is 0.125. The van der Waals surface area contributed by atoms with Crippen molar-refractivity contribution < 1.29 is 27.8 Å². The van der Waals surface area contributed by atoms with E-state index in [1.165, 1.54) is 44.2 Å². The number of nitrogens with two attached hydrogens (primary N) is 1. The molecule has 0 bridgehead atoms. The Morgan fingerprint density at radius 3 is 2.53 bits per heavy atom. The van der Waals surface area contributed by atoms with Crippen molar-refractivity contribution in [3.05, 3.63) is 82.7 Å². The number of rotatable bonds is 7. The number of carbonyl (C=O) groups excluding carboxylic acids is 1. The number of nitrogens with one attached hydrogen (secondary N) is 1. The molecule has 5 N–H and O–H groups in total. The van der Waals surface area contributed by atoms with Crippen molar-refractivity contribution in [1.82, 2.24) is 9.97 Å². The van der Waals surface area contributed by atoms with E-state index >= 15 is 0 Å². The Morgan fingerprint density at radius 1 is 1.14 bits per heavy atom. The van der Waals surface area contributed by atoms with Crippen molar-refractivity contribution in [3.63, 3.8) is 0 Å². The average molecular weight is 529 g/mol. The maximum atomic E-state index is 13.9. The van der Waals surface area contributed by atoms with Gasteiger partial charge >= 0.3 is 0 Å². The molecule has 4 rings (SSSR count). The first kappa shape index (κ1) is 25.2. The van der Waals surface area contributed by atoms with Crippen molar-refractivity contribution in [2.24, 2.45) is 10.1 Å². The molecule has 12 heteroatoms. The van der Waals surface area contributed by atoms with Crippen molar-refractivity contribution >= 4 is 55.3 Å². The summed E-state index contributed by atoms with van der Waals surface area (Å²) < 4.78 is 42.4. The highest BCUT2D eigenvalue weighted by molar-refractivity contribution is 7.92. The highest BCUT2D eigenvalue weighted by Crippen LogP contribution is 2.32. The van der Waals surface area contributed by atoms with Gasteiger partial charge in [0.2, 0.25) is 5.78 Å². The van der Waals surface area contributed by atoms with E-state index < -0.39 is 38.8 Å². The van der Waals surface area contributed by atoms with E-state index in [9.17, 15) is 27.8 Å². The molecule has 2 aromatic heterocycles. The number of para-hydroxylation sites is 2. The monoisotopic (exact) mass is 528 g/mol. The molecule has 0 radical (unpaired) electrons. The van der Waals surface area contributed by atoms with Crippen LogP contribution in [0.4, 0.5) is 4.39 Å². The number of amidine groups is 1. The summed E-state index contributed by atoms with van der Waals surface area (Å²) in [4.78, 5) is 20.9. The van der Waals surface area contributed by atoms with Crippen molar-refractivity contribution in [2.45, 2.75) is 23.7 Å². The van der Waals surface area contributed by atoms with Crippen LogP contribution < -0.4 is 5.73 Å². The number of nitrogens with zero attached hydrogens (tertiary/aromatic N) is 2. The van der Waals surface area contributed by atoms with Gasteiger partial charge in [-0.25, -0.2) is 9.37 Å². The van der Waals surface area contributed by atoms with E-state index in [1.54, 1.807) is 24.3 Å². The van der Waals surface area contributed by atoms with E-state index in [1.807, 2.05) is 0 Å². The fourth-order valence-corrected chi connectivity index (χ4v) is 5.47. The van der Waals surface area contributed by atoms with E-state index in [0.717, 1.165) is 6.07 Å². The predicted octanol–water partition coefficient (Wildman–Crippen LogP) is 3.89. The third-order valence-corrected chi connectivity index (χ3v) is 7.93. The van der Waals surface area contributed by atoms with Crippen LogP contribution in [0.1, 0.15) is 34.9 Å². The van der Waals surface area contributed by atoms with Gasteiger partial charge in [-0.05, 0) is 50.2 Å². The van der Waals surface area contributed by atoms with Crippen molar-refractivity contribution in [2.75, 3.05) is 0 Å². The van der Waals surface area contributed by atoms with Crippen LogP contribution in [0.25, 0.3) is 22.4 Å². The third kappa shape index (κ3) is 5.05. The smallest absolute Gasteiger partial charge is 0.293 e. The summed E-state index contributed by atoms with van der Waals surface area (Å²) in [6.07, 6.45) is 0. The zero-order valence-corrected chi connectivity index (χ0v) is 20.7. The predicted molar refractivity (Wildman–Crippen MR) is 136 cm³/mol. The Labute approximate surface area is 209 Å². The number of ketones is 1. The molecule has 0 fully saturated rings. The van der Waals surface area contributed by atoms with Gasteiger partial charge in [-0.1, -0.05) is 24.3 Å². The normalized spacial score (nSPS) is 13.6. The second-order valence-corrected chi connectivity index (χ2v) is 11.2. The molecule has 4 aromatic rings. The molecule has 36 heavy (non-hydrogen) atoms. The summed E-state index contributed by atoms with van der Waals surface area (Å²) in [6, 6.07) is 14.4. The fourth-order valence-electron chi connectivity index (χ4n) is 3.17. The van der Waals surface area contributed by atoms with Crippen LogP contribution in [-0.2, 0) is 10.0 Å². The third-order valence-electron chi connectivity index (χ3n) is 5.09. The number of aromatic amines is 1. The zero-order valence-electron chi connectivity index (χ0n) is 19.1. The summed E-state index contributed by atoms with van der Waals surface area (Å²) in [6.45, 7) is 2.56. The lowest BCUT2D eigenvalue weighted by Gasteiger charge is -2.15. The minimum Gasteiger partial charge on any atom is -0.506 e. The van der Waals surface area contributed by atoms with Gasteiger partial charge in [0, 0.05) is 5.56 Å². The zero-order chi connectivity index (χ0) is 26.3. The maximum Gasteiger partial charge on any atom is 0.293 e. The number of Topliss-reactive ketones (excluding diaryl/α,β-unsaturated/α-hetero) is 1. The Hall–Kier alpha value is -3.87. The molecular formula is C24H21FN4O5S2. The quantitative estimate of drug-likeness (QED) is 0.0931. The maximum absolute atomic E-state index is 13.9. The van der Waals surface area contributed by atoms with Gasteiger partial charge in [0.15, 0.2) is 0 Å². The number of carbonyl (C=O) groups is 1.